The normalized spacial score (nSPS) is 21.0. The second-order valence-electron chi connectivity index (χ2n) is 7.21. The summed E-state index contributed by atoms with van der Waals surface area (Å²) in [5, 5.41) is 3.26. The van der Waals surface area contributed by atoms with Crippen molar-refractivity contribution in [3.05, 3.63) is 24.3 Å². The molecule has 5 nitrogen and oxygen atoms in total. The summed E-state index contributed by atoms with van der Waals surface area (Å²) in [5.41, 5.74) is 1.14. The van der Waals surface area contributed by atoms with Gasteiger partial charge in [-0.05, 0) is 31.9 Å². The van der Waals surface area contributed by atoms with Gasteiger partial charge in [0.1, 0.15) is 5.75 Å². The molecule has 1 heterocycles. The summed E-state index contributed by atoms with van der Waals surface area (Å²) in [6.45, 7) is 5.67. The largest absolute Gasteiger partial charge is 0.495 e. The van der Waals surface area contributed by atoms with Gasteiger partial charge < -0.3 is 15.0 Å². The number of piperazine rings is 1. The Morgan fingerprint density at radius 1 is 1.12 bits per heavy atom. The van der Waals surface area contributed by atoms with Crippen LogP contribution >= 0.6 is 0 Å². The first kappa shape index (κ1) is 18.1. The number of amides is 1. The van der Waals surface area contributed by atoms with E-state index >= 15 is 0 Å². The zero-order valence-electron chi connectivity index (χ0n) is 15.5. The molecular weight excluding hydrogens is 314 g/mol. The van der Waals surface area contributed by atoms with E-state index in [1.54, 1.807) is 7.11 Å². The van der Waals surface area contributed by atoms with E-state index in [0.29, 0.717) is 6.04 Å². The van der Waals surface area contributed by atoms with E-state index in [-0.39, 0.29) is 11.9 Å². The predicted octanol–water partition coefficient (Wildman–Crippen LogP) is 2.65. The van der Waals surface area contributed by atoms with Crippen LogP contribution in [0.25, 0.3) is 0 Å². The maximum absolute atomic E-state index is 12.6. The Labute approximate surface area is 151 Å². The van der Waals surface area contributed by atoms with Crippen molar-refractivity contribution in [2.75, 3.05) is 38.2 Å². The highest BCUT2D eigenvalue weighted by Crippen LogP contribution is 2.28. The Hall–Kier alpha value is -1.75. The molecule has 1 N–H and O–H groups in total. The zero-order chi connectivity index (χ0) is 17.6. The number of carbonyl (C=O) groups excluding carboxylic acids is 1. The summed E-state index contributed by atoms with van der Waals surface area (Å²) >= 11 is 0. The van der Waals surface area contributed by atoms with Crippen molar-refractivity contribution in [3.8, 4) is 5.75 Å². The van der Waals surface area contributed by atoms with Crippen molar-refractivity contribution in [1.82, 2.24) is 10.2 Å². The van der Waals surface area contributed by atoms with Crippen molar-refractivity contribution in [2.24, 2.45) is 0 Å². The molecule has 1 aliphatic heterocycles. The second-order valence-corrected chi connectivity index (χ2v) is 7.21. The van der Waals surface area contributed by atoms with Gasteiger partial charge in [0, 0.05) is 32.2 Å². The number of ether oxygens (including phenoxy) is 1. The molecule has 0 bridgehead atoms. The number of benzene rings is 1. The Bertz CT molecular complexity index is 564. The fraction of sp³-hybridized carbons (Fsp3) is 0.650. The Kier molecular flexibility index (Phi) is 6.19. The van der Waals surface area contributed by atoms with Gasteiger partial charge in [-0.25, -0.2) is 0 Å². The molecule has 1 aromatic rings. The van der Waals surface area contributed by atoms with Crippen LogP contribution in [0.15, 0.2) is 24.3 Å². The van der Waals surface area contributed by atoms with Gasteiger partial charge in [0.2, 0.25) is 5.91 Å². The molecule has 25 heavy (non-hydrogen) atoms. The fourth-order valence-corrected chi connectivity index (χ4v) is 3.98. The van der Waals surface area contributed by atoms with E-state index in [1.165, 1.54) is 19.3 Å². The first-order valence-corrected chi connectivity index (χ1v) is 9.61. The lowest BCUT2D eigenvalue weighted by atomic mass is 9.95. The molecule has 1 saturated heterocycles. The molecule has 0 spiro atoms. The van der Waals surface area contributed by atoms with Crippen LogP contribution in [0.5, 0.6) is 5.75 Å². The highest BCUT2D eigenvalue weighted by molar-refractivity contribution is 5.81. The Morgan fingerprint density at radius 3 is 2.48 bits per heavy atom. The topological polar surface area (TPSA) is 44.8 Å². The summed E-state index contributed by atoms with van der Waals surface area (Å²) in [6.07, 6.45) is 6.08. The lowest BCUT2D eigenvalue weighted by molar-refractivity contribution is -0.127. The van der Waals surface area contributed by atoms with Crippen LogP contribution in [0.3, 0.4) is 0 Å². The Morgan fingerprint density at radius 2 is 1.80 bits per heavy atom. The van der Waals surface area contributed by atoms with Crippen LogP contribution in [-0.2, 0) is 4.79 Å². The lowest BCUT2D eigenvalue weighted by Gasteiger charge is -2.39. The second kappa shape index (κ2) is 8.56. The maximum Gasteiger partial charge on any atom is 0.237 e. The molecule has 2 fully saturated rings. The van der Waals surface area contributed by atoms with E-state index < -0.39 is 0 Å². The van der Waals surface area contributed by atoms with Crippen molar-refractivity contribution in [1.29, 1.82) is 0 Å². The first-order chi connectivity index (χ1) is 12.2. The SMILES string of the molecule is COc1ccccc1N1CCN([C@H](C)C(=O)NC2CCCCC2)CC1. The molecule has 3 rings (SSSR count). The van der Waals surface area contributed by atoms with E-state index in [1.807, 2.05) is 25.1 Å². The molecule has 1 aliphatic carbocycles. The monoisotopic (exact) mass is 345 g/mol. The molecule has 0 unspecified atom stereocenters. The van der Waals surface area contributed by atoms with E-state index in [9.17, 15) is 4.79 Å². The number of anilines is 1. The highest BCUT2D eigenvalue weighted by atomic mass is 16.5. The highest BCUT2D eigenvalue weighted by Gasteiger charge is 2.28. The van der Waals surface area contributed by atoms with E-state index in [2.05, 4.69) is 21.2 Å². The third kappa shape index (κ3) is 4.46. The molecular formula is C20H31N3O2. The third-order valence-electron chi connectivity index (χ3n) is 5.62. The smallest absolute Gasteiger partial charge is 0.237 e. The molecule has 2 aliphatic rings. The number of para-hydroxylation sites is 2. The van der Waals surface area contributed by atoms with Gasteiger partial charge in [0.05, 0.1) is 18.8 Å². The quantitative estimate of drug-likeness (QED) is 0.891. The average molecular weight is 345 g/mol. The molecule has 1 amide bonds. The minimum Gasteiger partial charge on any atom is -0.495 e. The van der Waals surface area contributed by atoms with Crippen LogP contribution in [0.2, 0.25) is 0 Å². The number of hydrogen-bond donors (Lipinski definition) is 1. The standard InChI is InChI=1S/C20H31N3O2/c1-16(20(24)21-17-8-4-3-5-9-17)22-12-14-23(15-13-22)18-10-6-7-11-19(18)25-2/h6-7,10-11,16-17H,3-5,8-9,12-15H2,1-2H3,(H,21,24)/t16-/m1/s1. The predicted molar refractivity (Wildman–Crippen MR) is 101 cm³/mol. The van der Waals surface area contributed by atoms with E-state index in [0.717, 1.165) is 50.5 Å². The van der Waals surface area contributed by atoms with Crippen molar-refractivity contribution in [3.63, 3.8) is 0 Å². The number of carbonyl (C=O) groups is 1. The third-order valence-corrected chi connectivity index (χ3v) is 5.62. The first-order valence-electron chi connectivity index (χ1n) is 9.61. The fourth-order valence-electron chi connectivity index (χ4n) is 3.98. The minimum absolute atomic E-state index is 0.0539. The summed E-state index contributed by atoms with van der Waals surface area (Å²) < 4.78 is 5.48. The molecule has 0 aromatic heterocycles. The molecule has 1 aromatic carbocycles. The van der Waals surface area contributed by atoms with Crippen molar-refractivity contribution in [2.45, 2.75) is 51.1 Å². The molecule has 5 heteroatoms. The lowest BCUT2D eigenvalue weighted by Crippen LogP contribution is -2.55. The average Bonchev–Trinajstić information content (AvgIpc) is 2.68. The number of methoxy groups -OCH3 is 1. The van der Waals surface area contributed by atoms with Crippen LogP contribution < -0.4 is 15.0 Å². The molecule has 1 saturated carbocycles. The molecule has 1 atom stereocenters. The zero-order valence-corrected chi connectivity index (χ0v) is 15.5. The number of rotatable bonds is 5. The number of nitrogens with zero attached hydrogens (tertiary/aromatic N) is 2. The van der Waals surface area contributed by atoms with Gasteiger partial charge in [0.25, 0.3) is 0 Å². The van der Waals surface area contributed by atoms with Gasteiger partial charge >= 0.3 is 0 Å². The number of hydrogen-bond acceptors (Lipinski definition) is 4. The van der Waals surface area contributed by atoms with Crippen molar-refractivity contribution < 1.29 is 9.53 Å². The van der Waals surface area contributed by atoms with Crippen LogP contribution in [0.1, 0.15) is 39.0 Å². The van der Waals surface area contributed by atoms with Crippen LogP contribution in [-0.4, -0.2) is 56.2 Å². The Balaban J connectivity index is 1.51. The minimum atomic E-state index is -0.0539. The summed E-state index contributed by atoms with van der Waals surface area (Å²) in [6, 6.07) is 8.48. The summed E-state index contributed by atoms with van der Waals surface area (Å²) in [7, 11) is 1.72. The van der Waals surface area contributed by atoms with Crippen LogP contribution in [0, 0.1) is 0 Å². The van der Waals surface area contributed by atoms with Gasteiger partial charge in [-0.15, -0.1) is 0 Å². The van der Waals surface area contributed by atoms with Crippen LogP contribution in [0.4, 0.5) is 5.69 Å². The maximum atomic E-state index is 12.6. The number of nitrogens with one attached hydrogen (secondary N) is 1. The molecule has 0 radical (unpaired) electrons. The van der Waals surface area contributed by atoms with E-state index in [4.69, 9.17) is 4.74 Å². The summed E-state index contributed by atoms with van der Waals surface area (Å²) in [4.78, 5) is 17.2. The summed E-state index contributed by atoms with van der Waals surface area (Å²) in [5.74, 6) is 1.11. The van der Waals surface area contributed by atoms with Gasteiger partial charge in [0.15, 0.2) is 0 Å². The van der Waals surface area contributed by atoms with Gasteiger partial charge in [-0.1, -0.05) is 31.4 Å². The van der Waals surface area contributed by atoms with Gasteiger partial charge in [-0.2, -0.15) is 0 Å². The van der Waals surface area contributed by atoms with Crippen molar-refractivity contribution >= 4 is 11.6 Å². The molecule has 138 valence electrons. The van der Waals surface area contributed by atoms with Gasteiger partial charge in [-0.3, -0.25) is 9.69 Å².